The second kappa shape index (κ2) is 8.93. The number of amides is 1. The Morgan fingerprint density at radius 1 is 0.964 bits per heavy atom. The molecule has 0 aromatic heterocycles. The summed E-state index contributed by atoms with van der Waals surface area (Å²) in [5, 5.41) is 2.90. The van der Waals surface area contributed by atoms with Crippen molar-refractivity contribution in [3.05, 3.63) is 87.4 Å². The Morgan fingerprint density at radius 3 is 2.39 bits per heavy atom. The van der Waals surface area contributed by atoms with Gasteiger partial charge in [-0.3, -0.25) is 4.79 Å². The van der Waals surface area contributed by atoms with Gasteiger partial charge in [-0.15, -0.1) is 0 Å². The van der Waals surface area contributed by atoms with Gasteiger partial charge in [-0.25, -0.2) is 0 Å². The standard InChI is InChI=1S/C23H22BrNO3/c1-15-4-10-21(12-16(15)2)28-14-18-13-17(5-11-22(18)27-3)23(26)25-20-8-6-19(24)7-9-20/h4-13H,14H2,1-3H3,(H,25,26). The molecule has 3 aromatic carbocycles. The summed E-state index contributed by atoms with van der Waals surface area (Å²) in [5.74, 6) is 1.29. The maximum Gasteiger partial charge on any atom is 0.255 e. The minimum Gasteiger partial charge on any atom is -0.496 e. The van der Waals surface area contributed by atoms with Gasteiger partial charge in [-0.2, -0.15) is 0 Å². The predicted octanol–water partition coefficient (Wildman–Crippen LogP) is 5.91. The molecule has 0 aliphatic rings. The van der Waals surface area contributed by atoms with Gasteiger partial charge in [0.05, 0.1) is 7.11 Å². The molecule has 0 radical (unpaired) electrons. The summed E-state index contributed by atoms with van der Waals surface area (Å²) in [6.45, 7) is 4.43. The zero-order chi connectivity index (χ0) is 20.1. The van der Waals surface area contributed by atoms with E-state index in [1.807, 2.05) is 42.5 Å². The molecular formula is C23H22BrNO3. The van der Waals surface area contributed by atoms with Crippen LogP contribution in [0.1, 0.15) is 27.0 Å². The van der Waals surface area contributed by atoms with Gasteiger partial charge in [0.1, 0.15) is 18.1 Å². The van der Waals surface area contributed by atoms with Gasteiger partial charge >= 0.3 is 0 Å². The predicted molar refractivity (Wildman–Crippen MR) is 115 cm³/mol. The first-order valence-corrected chi connectivity index (χ1v) is 9.69. The normalized spacial score (nSPS) is 10.4. The summed E-state index contributed by atoms with van der Waals surface area (Å²) in [5.41, 5.74) is 4.48. The molecule has 144 valence electrons. The van der Waals surface area contributed by atoms with Crippen molar-refractivity contribution in [1.29, 1.82) is 0 Å². The zero-order valence-electron chi connectivity index (χ0n) is 16.1. The first-order chi connectivity index (χ1) is 13.5. The van der Waals surface area contributed by atoms with E-state index in [-0.39, 0.29) is 5.91 Å². The van der Waals surface area contributed by atoms with Gasteiger partial charge in [0.15, 0.2) is 0 Å². The first-order valence-electron chi connectivity index (χ1n) is 8.90. The highest BCUT2D eigenvalue weighted by Gasteiger charge is 2.12. The molecule has 0 bridgehead atoms. The van der Waals surface area contributed by atoms with E-state index in [4.69, 9.17) is 9.47 Å². The topological polar surface area (TPSA) is 47.6 Å². The molecule has 0 fully saturated rings. The number of carbonyl (C=O) groups is 1. The molecular weight excluding hydrogens is 418 g/mol. The molecule has 4 nitrogen and oxygen atoms in total. The van der Waals surface area contributed by atoms with E-state index in [0.717, 1.165) is 21.5 Å². The van der Waals surface area contributed by atoms with Crippen LogP contribution in [0.2, 0.25) is 0 Å². The van der Waals surface area contributed by atoms with Gasteiger partial charge in [0.25, 0.3) is 5.91 Å². The van der Waals surface area contributed by atoms with Crippen LogP contribution in [0.25, 0.3) is 0 Å². The van der Waals surface area contributed by atoms with E-state index in [1.54, 1.807) is 25.3 Å². The number of benzene rings is 3. The van der Waals surface area contributed by atoms with E-state index in [0.29, 0.717) is 17.9 Å². The number of halogens is 1. The third-order valence-electron chi connectivity index (χ3n) is 4.52. The maximum atomic E-state index is 12.6. The highest BCUT2D eigenvalue weighted by atomic mass is 79.9. The van der Waals surface area contributed by atoms with Crippen molar-refractivity contribution in [1.82, 2.24) is 0 Å². The van der Waals surface area contributed by atoms with Crippen molar-refractivity contribution in [2.45, 2.75) is 20.5 Å². The molecule has 3 aromatic rings. The Hall–Kier alpha value is -2.79. The van der Waals surface area contributed by atoms with Crippen LogP contribution in [0.3, 0.4) is 0 Å². The molecule has 0 heterocycles. The second-order valence-electron chi connectivity index (χ2n) is 6.52. The molecule has 0 aliphatic heterocycles. The van der Waals surface area contributed by atoms with E-state index < -0.39 is 0 Å². The summed E-state index contributed by atoms with van der Waals surface area (Å²) in [6, 6.07) is 18.8. The second-order valence-corrected chi connectivity index (χ2v) is 7.44. The fourth-order valence-electron chi connectivity index (χ4n) is 2.73. The highest BCUT2D eigenvalue weighted by Crippen LogP contribution is 2.24. The van der Waals surface area contributed by atoms with Crippen LogP contribution in [0.5, 0.6) is 11.5 Å². The summed E-state index contributed by atoms with van der Waals surface area (Å²) in [6.07, 6.45) is 0. The fourth-order valence-corrected chi connectivity index (χ4v) is 3.00. The summed E-state index contributed by atoms with van der Waals surface area (Å²) < 4.78 is 12.3. The van der Waals surface area contributed by atoms with Gasteiger partial charge in [-0.05, 0) is 79.6 Å². The van der Waals surface area contributed by atoms with E-state index >= 15 is 0 Å². The highest BCUT2D eigenvalue weighted by molar-refractivity contribution is 9.10. The number of methoxy groups -OCH3 is 1. The SMILES string of the molecule is COc1ccc(C(=O)Nc2ccc(Br)cc2)cc1COc1ccc(C)c(C)c1. The quantitative estimate of drug-likeness (QED) is 0.519. The number of rotatable bonds is 6. The van der Waals surface area contributed by atoms with E-state index in [9.17, 15) is 4.79 Å². The van der Waals surface area contributed by atoms with Gasteiger partial charge in [0, 0.05) is 21.3 Å². The average molecular weight is 440 g/mol. The number of hydrogen-bond acceptors (Lipinski definition) is 3. The van der Waals surface area contributed by atoms with Gasteiger partial charge in [-0.1, -0.05) is 22.0 Å². The Balaban J connectivity index is 1.76. The lowest BCUT2D eigenvalue weighted by Gasteiger charge is -2.13. The van der Waals surface area contributed by atoms with Crippen molar-refractivity contribution in [3.63, 3.8) is 0 Å². The van der Waals surface area contributed by atoms with Crippen molar-refractivity contribution in [3.8, 4) is 11.5 Å². The van der Waals surface area contributed by atoms with E-state index in [2.05, 4.69) is 35.1 Å². The van der Waals surface area contributed by atoms with Gasteiger partial charge in [0.2, 0.25) is 0 Å². The molecule has 3 rings (SSSR count). The Kier molecular flexibility index (Phi) is 6.37. The lowest BCUT2D eigenvalue weighted by Crippen LogP contribution is -2.12. The molecule has 0 aliphatic carbocycles. The van der Waals surface area contributed by atoms with E-state index in [1.165, 1.54) is 11.1 Å². The molecule has 28 heavy (non-hydrogen) atoms. The number of aryl methyl sites for hydroxylation is 2. The molecule has 0 saturated heterocycles. The minimum atomic E-state index is -0.183. The lowest BCUT2D eigenvalue weighted by molar-refractivity contribution is 0.102. The van der Waals surface area contributed by atoms with Gasteiger partial charge < -0.3 is 14.8 Å². The van der Waals surface area contributed by atoms with Crippen LogP contribution in [0.15, 0.2) is 65.1 Å². The third kappa shape index (κ3) is 4.93. The number of carbonyl (C=O) groups excluding carboxylic acids is 1. The van der Waals surface area contributed by atoms with Crippen LogP contribution in [-0.4, -0.2) is 13.0 Å². The third-order valence-corrected chi connectivity index (χ3v) is 5.05. The number of ether oxygens (including phenoxy) is 2. The summed E-state index contributed by atoms with van der Waals surface area (Å²) >= 11 is 3.39. The Bertz CT molecular complexity index is 984. The van der Waals surface area contributed by atoms with Crippen LogP contribution >= 0.6 is 15.9 Å². The molecule has 0 atom stereocenters. The fraction of sp³-hybridized carbons (Fsp3) is 0.174. The summed E-state index contributed by atoms with van der Waals surface area (Å²) in [4.78, 5) is 12.6. The van der Waals surface area contributed by atoms with Crippen molar-refractivity contribution < 1.29 is 14.3 Å². The largest absolute Gasteiger partial charge is 0.496 e. The Labute approximate surface area is 173 Å². The molecule has 0 unspecified atom stereocenters. The van der Waals surface area contributed by atoms with Crippen molar-refractivity contribution in [2.75, 3.05) is 12.4 Å². The van der Waals surface area contributed by atoms with Crippen LogP contribution in [0.4, 0.5) is 5.69 Å². The van der Waals surface area contributed by atoms with Crippen molar-refractivity contribution in [2.24, 2.45) is 0 Å². The lowest BCUT2D eigenvalue weighted by atomic mass is 10.1. The van der Waals surface area contributed by atoms with Crippen LogP contribution in [0, 0.1) is 13.8 Å². The first kappa shape index (κ1) is 20.0. The van der Waals surface area contributed by atoms with Crippen LogP contribution < -0.4 is 14.8 Å². The van der Waals surface area contributed by atoms with Crippen LogP contribution in [-0.2, 0) is 6.61 Å². The molecule has 1 N–H and O–H groups in total. The smallest absolute Gasteiger partial charge is 0.255 e. The molecule has 0 saturated carbocycles. The summed E-state index contributed by atoms with van der Waals surface area (Å²) in [7, 11) is 1.61. The molecule has 1 amide bonds. The number of hydrogen-bond donors (Lipinski definition) is 1. The minimum absolute atomic E-state index is 0.183. The maximum absolute atomic E-state index is 12.6. The number of nitrogens with one attached hydrogen (secondary N) is 1. The van der Waals surface area contributed by atoms with Crippen molar-refractivity contribution >= 4 is 27.5 Å². The number of anilines is 1. The Morgan fingerprint density at radius 2 is 1.71 bits per heavy atom. The average Bonchev–Trinajstić information content (AvgIpc) is 2.70. The molecule has 5 heteroatoms. The molecule has 0 spiro atoms. The monoisotopic (exact) mass is 439 g/mol. The zero-order valence-corrected chi connectivity index (χ0v) is 17.7.